The van der Waals surface area contributed by atoms with Gasteiger partial charge in [-0.3, -0.25) is 4.90 Å². The summed E-state index contributed by atoms with van der Waals surface area (Å²) in [6.45, 7) is 9.87. The normalized spacial score (nSPS) is 22.6. The van der Waals surface area contributed by atoms with Gasteiger partial charge in [0.25, 0.3) is 0 Å². The first-order valence-corrected chi connectivity index (χ1v) is 8.48. The Morgan fingerprint density at radius 3 is 2.67 bits per heavy atom. The van der Waals surface area contributed by atoms with E-state index in [1.54, 1.807) is 0 Å². The van der Waals surface area contributed by atoms with E-state index in [4.69, 9.17) is 5.73 Å². The first kappa shape index (κ1) is 15.0. The van der Waals surface area contributed by atoms with Gasteiger partial charge in [0.15, 0.2) is 0 Å². The molecule has 1 aliphatic carbocycles. The fourth-order valence-electron chi connectivity index (χ4n) is 3.42. The molecular weight excluding hydrogens is 262 g/mol. The highest BCUT2D eigenvalue weighted by atomic mass is 15.3. The standard InChI is InChI=1S/C16H29N5/c1-2-5-21-13-18-11-16(21)15(10-17)20-8-6-19(7-9-20)12-14-3-4-14/h11,13-15H,2-10,12,17H2,1H3. The third-order valence-electron chi connectivity index (χ3n) is 4.83. The third-order valence-corrected chi connectivity index (χ3v) is 4.83. The van der Waals surface area contributed by atoms with E-state index in [1.165, 1.54) is 38.2 Å². The molecule has 3 rings (SSSR count). The van der Waals surface area contributed by atoms with E-state index in [0.717, 1.165) is 32.0 Å². The lowest BCUT2D eigenvalue weighted by Crippen LogP contribution is -2.49. The number of rotatable bonds is 7. The SMILES string of the molecule is CCCn1cncc1C(CN)N1CCN(CC2CC2)CC1. The average Bonchev–Trinajstić information content (AvgIpc) is 3.20. The topological polar surface area (TPSA) is 50.3 Å². The number of hydrogen-bond donors (Lipinski definition) is 1. The minimum absolute atomic E-state index is 0.321. The second-order valence-electron chi connectivity index (χ2n) is 6.54. The zero-order valence-corrected chi connectivity index (χ0v) is 13.2. The van der Waals surface area contributed by atoms with Gasteiger partial charge >= 0.3 is 0 Å². The lowest BCUT2D eigenvalue weighted by Gasteiger charge is -2.39. The first-order chi connectivity index (χ1) is 10.3. The van der Waals surface area contributed by atoms with Crippen LogP contribution in [-0.4, -0.2) is 58.6 Å². The Morgan fingerprint density at radius 1 is 1.29 bits per heavy atom. The molecule has 1 atom stereocenters. The average molecular weight is 291 g/mol. The van der Waals surface area contributed by atoms with E-state index >= 15 is 0 Å². The van der Waals surface area contributed by atoms with Crippen LogP contribution < -0.4 is 5.73 Å². The summed E-state index contributed by atoms with van der Waals surface area (Å²) in [5, 5.41) is 0. The molecular formula is C16H29N5. The van der Waals surface area contributed by atoms with Crippen molar-refractivity contribution in [2.75, 3.05) is 39.3 Å². The molecule has 1 aromatic heterocycles. The zero-order chi connectivity index (χ0) is 14.7. The van der Waals surface area contributed by atoms with Gasteiger partial charge in [0.05, 0.1) is 18.1 Å². The second-order valence-corrected chi connectivity index (χ2v) is 6.54. The second kappa shape index (κ2) is 6.90. The number of nitrogens with zero attached hydrogens (tertiary/aromatic N) is 4. The Balaban J connectivity index is 1.59. The van der Waals surface area contributed by atoms with E-state index < -0.39 is 0 Å². The number of hydrogen-bond acceptors (Lipinski definition) is 4. The van der Waals surface area contributed by atoms with Crippen molar-refractivity contribution in [3.63, 3.8) is 0 Å². The van der Waals surface area contributed by atoms with Crippen LogP contribution in [0.4, 0.5) is 0 Å². The highest BCUT2D eigenvalue weighted by molar-refractivity contribution is 5.07. The Kier molecular flexibility index (Phi) is 4.93. The van der Waals surface area contributed by atoms with Gasteiger partial charge in [-0.2, -0.15) is 0 Å². The van der Waals surface area contributed by atoms with E-state index in [0.29, 0.717) is 12.6 Å². The molecule has 5 heteroatoms. The van der Waals surface area contributed by atoms with Crippen molar-refractivity contribution in [1.29, 1.82) is 0 Å². The van der Waals surface area contributed by atoms with Crippen LogP contribution in [0.15, 0.2) is 12.5 Å². The number of piperazine rings is 1. The molecule has 1 saturated carbocycles. The maximum atomic E-state index is 6.09. The van der Waals surface area contributed by atoms with Crippen molar-refractivity contribution < 1.29 is 0 Å². The third kappa shape index (κ3) is 3.65. The number of aromatic nitrogens is 2. The van der Waals surface area contributed by atoms with Crippen LogP contribution in [-0.2, 0) is 6.54 Å². The molecule has 2 heterocycles. The predicted molar refractivity (Wildman–Crippen MR) is 85.1 cm³/mol. The van der Waals surface area contributed by atoms with Crippen LogP contribution >= 0.6 is 0 Å². The molecule has 2 fully saturated rings. The van der Waals surface area contributed by atoms with Gasteiger partial charge in [0.1, 0.15) is 0 Å². The highest BCUT2D eigenvalue weighted by Crippen LogP contribution is 2.30. The van der Waals surface area contributed by atoms with Gasteiger partial charge in [0, 0.05) is 52.0 Å². The molecule has 0 spiro atoms. The lowest BCUT2D eigenvalue weighted by molar-refractivity contribution is 0.0926. The molecule has 0 bridgehead atoms. The molecule has 2 N–H and O–H groups in total. The minimum Gasteiger partial charge on any atom is -0.333 e. The fourth-order valence-corrected chi connectivity index (χ4v) is 3.42. The van der Waals surface area contributed by atoms with Crippen molar-refractivity contribution >= 4 is 0 Å². The molecule has 1 aliphatic heterocycles. The van der Waals surface area contributed by atoms with E-state index in [9.17, 15) is 0 Å². The molecule has 0 amide bonds. The van der Waals surface area contributed by atoms with Crippen LogP contribution in [0.1, 0.15) is 37.9 Å². The van der Waals surface area contributed by atoms with Gasteiger partial charge in [0.2, 0.25) is 0 Å². The smallest absolute Gasteiger partial charge is 0.0948 e. The number of nitrogens with two attached hydrogens (primary N) is 1. The van der Waals surface area contributed by atoms with E-state index in [-0.39, 0.29) is 0 Å². The Morgan fingerprint density at radius 2 is 2.05 bits per heavy atom. The zero-order valence-electron chi connectivity index (χ0n) is 13.2. The first-order valence-electron chi connectivity index (χ1n) is 8.48. The van der Waals surface area contributed by atoms with Gasteiger partial charge in [-0.1, -0.05) is 6.92 Å². The van der Waals surface area contributed by atoms with Crippen molar-refractivity contribution in [2.45, 2.75) is 38.8 Å². The summed E-state index contributed by atoms with van der Waals surface area (Å²) in [6.07, 6.45) is 7.98. The van der Waals surface area contributed by atoms with Crippen LogP contribution in [0.5, 0.6) is 0 Å². The maximum absolute atomic E-state index is 6.09. The molecule has 2 aliphatic rings. The van der Waals surface area contributed by atoms with Gasteiger partial charge in [-0.25, -0.2) is 4.98 Å². The quantitative estimate of drug-likeness (QED) is 0.823. The Labute approximate surface area is 128 Å². The summed E-state index contributed by atoms with van der Waals surface area (Å²) in [4.78, 5) is 9.52. The van der Waals surface area contributed by atoms with Gasteiger partial charge < -0.3 is 15.2 Å². The highest BCUT2D eigenvalue weighted by Gasteiger charge is 2.29. The summed E-state index contributed by atoms with van der Waals surface area (Å²) in [6, 6.07) is 0.321. The largest absolute Gasteiger partial charge is 0.333 e. The van der Waals surface area contributed by atoms with Crippen molar-refractivity contribution in [3.05, 3.63) is 18.2 Å². The predicted octanol–water partition coefficient (Wildman–Crippen LogP) is 1.32. The van der Waals surface area contributed by atoms with Crippen LogP contribution in [0.25, 0.3) is 0 Å². The number of aryl methyl sites for hydroxylation is 1. The Hall–Kier alpha value is -0.910. The molecule has 1 unspecified atom stereocenters. The summed E-state index contributed by atoms with van der Waals surface area (Å²) in [7, 11) is 0. The molecule has 118 valence electrons. The van der Waals surface area contributed by atoms with E-state index in [2.05, 4.69) is 26.3 Å². The van der Waals surface area contributed by atoms with Crippen molar-refractivity contribution in [3.8, 4) is 0 Å². The van der Waals surface area contributed by atoms with Crippen molar-refractivity contribution in [2.24, 2.45) is 11.7 Å². The van der Waals surface area contributed by atoms with Gasteiger partial charge in [-0.15, -0.1) is 0 Å². The molecule has 1 aromatic rings. The summed E-state index contributed by atoms with van der Waals surface area (Å²) in [5.41, 5.74) is 7.38. The monoisotopic (exact) mass is 291 g/mol. The van der Waals surface area contributed by atoms with Crippen LogP contribution in [0, 0.1) is 5.92 Å². The molecule has 21 heavy (non-hydrogen) atoms. The van der Waals surface area contributed by atoms with Crippen LogP contribution in [0.3, 0.4) is 0 Å². The lowest BCUT2D eigenvalue weighted by atomic mass is 10.1. The number of imidazole rings is 1. The molecule has 5 nitrogen and oxygen atoms in total. The molecule has 1 saturated heterocycles. The summed E-state index contributed by atoms with van der Waals surface area (Å²) < 4.78 is 2.27. The summed E-state index contributed by atoms with van der Waals surface area (Å²) >= 11 is 0. The Bertz CT molecular complexity index is 432. The molecule has 0 radical (unpaired) electrons. The molecule has 0 aromatic carbocycles. The summed E-state index contributed by atoms with van der Waals surface area (Å²) in [5.74, 6) is 0.993. The minimum atomic E-state index is 0.321. The van der Waals surface area contributed by atoms with Crippen LogP contribution in [0.2, 0.25) is 0 Å². The maximum Gasteiger partial charge on any atom is 0.0948 e. The fraction of sp³-hybridized carbons (Fsp3) is 0.812. The van der Waals surface area contributed by atoms with E-state index in [1.807, 2.05) is 12.5 Å². The van der Waals surface area contributed by atoms with Gasteiger partial charge in [-0.05, 0) is 25.2 Å². The van der Waals surface area contributed by atoms with Crippen molar-refractivity contribution in [1.82, 2.24) is 19.4 Å².